The minimum absolute atomic E-state index is 0.0671. The highest BCUT2D eigenvalue weighted by Crippen LogP contribution is 2.27. The summed E-state index contributed by atoms with van der Waals surface area (Å²) in [6, 6.07) is 5.52. The Morgan fingerprint density at radius 3 is 2.48 bits per heavy atom. The summed E-state index contributed by atoms with van der Waals surface area (Å²) in [5.74, 6) is -1.62. The number of sulfonamides is 1. The lowest BCUT2D eigenvalue weighted by Gasteiger charge is -2.11. The number of aryl methyl sites for hydroxylation is 1. The molecule has 0 bridgehead atoms. The molecule has 2 aromatic rings. The van der Waals surface area contributed by atoms with Gasteiger partial charge in [-0.05, 0) is 36.8 Å². The molecule has 21 heavy (non-hydrogen) atoms. The summed E-state index contributed by atoms with van der Waals surface area (Å²) in [4.78, 5) is -0.315. The summed E-state index contributed by atoms with van der Waals surface area (Å²) < 4.78 is 53.5. The number of halogens is 3. The van der Waals surface area contributed by atoms with E-state index in [4.69, 9.17) is 17.3 Å². The van der Waals surface area contributed by atoms with Crippen LogP contribution in [0.3, 0.4) is 0 Å². The van der Waals surface area contributed by atoms with Gasteiger partial charge in [0.2, 0.25) is 0 Å². The van der Waals surface area contributed by atoms with Crippen molar-refractivity contribution in [1.29, 1.82) is 0 Å². The lowest BCUT2D eigenvalue weighted by atomic mass is 10.2. The minimum atomic E-state index is -4.19. The summed E-state index contributed by atoms with van der Waals surface area (Å²) >= 11 is 5.80. The predicted molar refractivity (Wildman–Crippen MR) is 77.8 cm³/mol. The van der Waals surface area contributed by atoms with Crippen molar-refractivity contribution in [2.75, 3.05) is 10.5 Å². The van der Waals surface area contributed by atoms with Crippen LogP contribution in [-0.4, -0.2) is 8.42 Å². The van der Waals surface area contributed by atoms with Crippen molar-refractivity contribution in [3.63, 3.8) is 0 Å². The van der Waals surface area contributed by atoms with E-state index >= 15 is 0 Å². The van der Waals surface area contributed by atoms with Crippen LogP contribution in [0.25, 0.3) is 0 Å². The summed E-state index contributed by atoms with van der Waals surface area (Å²) in [6.45, 7) is 1.37. The largest absolute Gasteiger partial charge is 0.399 e. The molecular formula is C13H11ClF2N2O2S. The van der Waals surface area contributed by atoms with Crippen molar-refractivity contribution in [3.05, 3.63) is 52.6 Å². The van der Waals surface area contributed by atoms with E-state index in [1.54, 1.807) is 0 Å². The molecule has 0 aliphatic carbocycles. The third kappa shape index (κ3) is 3.25. The van der Waals surface area contributed by atoms with Crippen LogP contribution in [0.4, 0.5) is 20.2 Å². The van der Waals surface area contributed by atoms with E-state index < -0.39 is 27.3 Å². The molecule has 0 unspecified atom stereocenters. The van der Waals surface area contributed by atoms with Gasteiger partial charge in [-0.15, -0.1) is 0 Å². The summed E-state index contributed by atoms with van der Waals surface area (Å²) in [5, 5.41) is -0.0790. The average molecular weight is 333 g/mol. The van der Waals surface area contributed by atoms with Crippen LogP contribution in [0.15, 0.2) is 35.2 Å². The number of nitrogens with one attached hydrogen (secondary N) is 1. The summed E-state index contributed by atoms with van der Waals surface area (Å²) in [7, 11) is -4.19. The average Bonchev–Trinajstić information content (AvgIpc) is 2.38. The predicted octanol–water partition coefficient (Wildman–Crippen LogP) is 3.31. The fourth-order valence-corrected chi connectivity index (χ4v) is 3.24. The van der Waals surface area contributed by atoms with Gasteiger partial charge >= 0.3 is 0 Å². The third-order valence-corrected chi connectivity index (χ3v) is 4.58. The number of hydrogen-bond donors (Lipinski definition) is 2. The van der Waals surface area contributed by atoms with Gasteiger partial charge in [-0.25, -0.2) is 17.2 Å². The maximum atomic E-state index is 13.7. The highest BCUT2D eigenvalue weighted by Gasteiger charge is 2.20. The number of hydrogen-bond acceptors (Lipinski definition) is 3. The van der Waals surface area contributed by atoms with Gasteiger partial charge in [-0.2, -0.15) is 0 Å². The zero-order valence-corrected chi connectivity index (χ0v) is 12.4. The van der Waals surface area contributed by atoms with Gasteiger partial charge in [-0.1, -0.05) is 11.6 Å². The molecule has 8 heteroatoms. The monoisotopic (exact) mass is 332 g/mol. The van der Waals surface area contributed by atoms with Crippen LogP contribution < -0.4 is 10.5 Å². The Bertz CT molecular complexity index is 810. The van der Waals surface area contributed by atoms with Crippen molar-refractivity contribution in [3.8, 4) is 0 Å². The molecule has 0 saturated heterocycles. The van der Waals surface area contributed by atoms with Crippen molar-refractivity contribution in [2.45, 2.75) is 11.8 Å². The molecule has 0 radical (unpaired) electrons. The first-order valence-electron chi connectivity index (χ1n) is 5.74. The van der Waals surface area contributed by atoms with Gasteiger partial charge in [-0.3, -0.25) is 4.72 Å². The number of nitrogens with two attached hydrogens (primary N) is 1. The maximum absolute atomic E-state index is 13.7. The van der Waals surface area contributed by atoms with E-state index in [0.29, 0.717) is 0 Å². The molecule has 2 rings (SSSR count). The Labute approximate surface area is 125 Å². The van der Waals surface area contributed by atoms with E-state index in [1.165, 1.54) is 19.1 Å². The SMILES string of the molecule is Cc1cc(F)c(NS(=O)(=O)c2cc(N)ccc2Cl)cc1F. The van der Waals surface area contributed by atoms with Crippen molar-refractivity contribution < 1.29 is 17.2 Å². The molecule has 0 spiro atoms. The summed E-state index contributed by atoms with van der Waals surface area (Å²) in [6.07, 6.45) is 0. The van der Waals surface area contributed by atoms with Crippen LogP contribution in [0.5, 0.6) is 0 Å². The van der Waals surface area contributed by atoms with E-state index in [0.717, 1.165) is 18.2 Å². The molecule has 0 aliphatic rings. The lowest BCUT2D eigenvalue weighted by molar-refractivity contribution is 0.590. The fourth-order valence-electron chi connectivity index (χ4n) is 1.65. The number of rotatable bonds is 3. The first kappa shape index (κ1) is 15.5. The minimum Gasteiger partial charge on any atom is -0.399 e. The maximum Gasteiger partial charge on any atom is 0.263 e. The van der Waals surface area contributed by atoms with Crippen molar-refractivity contribution in [1.82, 2.24) is 0 Å². The van der Waals surface area contributed by atoms with Crippen LogP contribution in [0.2, 0.25) is 5.02 Å². The van der Waals surface area contributed by atoms with Gasteiger partial charge < -0.3 is 5.73 Å². The van der Waals surface area contributed by atoms with E-state index in [2.05, 4.69) is 0 Å². The Kier molecular flexibility index (Phi) is 4.06. The number of benzene rings is 2. The smallest absolute Gasteiger partial charge is 0.263 e. The zero-order valence-electron chi connectivity index (χ0n) is 10.8. The first-order chi connectivity index (χ1) is 9.70. The summed E-state index contributed by atoms with van der Waals surface area (Å²) in [5.41, 5.74) is 5.25. The van der Waals surface area contributed by atoms with Crippen LogP contribution in [0.1, 0.15) is 5.56 Å². The van der Waals surface area contributed by atoms with Crippen molar-refractivity contribution in [2.24, 2.45) is 0 Å². The Balaban J connectivity index is 2.47. The van der Waals surface area contributed by atoms with Crippen LogP contribution in [-0.2, 0) is 10.0 Å². The molecule has 4 nitrogen and oxygen atoms in total. The zero-order chi connectivity index (χ0) is 15.8. The molecule has 3 N–H and O–H groups in total. The van der Waals surface area contributed by atoms with Gasteiger partial charge in [0.15, 0.2) is 0 Å². The topological polar surface area (TPSA) is 72.2 Å². The Hall–Kier alpha value is -1.86. The second kappa shape index (κ2) is 5.50. The van der Waals surface area contributed by atoms with Gasteiger partial charge in [0.25, 0.3) is 10.0 Å². The van der Waals surface area contributed by atoms with Crippen LogP contribution in [0, 0.1) is 18.6 Å². The fraction of sp³-hybridized carbons (Fsp3) is 0.0769. The lowest BCUT2D eigenvalue weighted by Crippen LogP contribution is -2.15. The highest BCUT2D eigenvalue weighted by molar-refractivity contribution is 7.92. The normalized spacial score (nSPS) is 11.4. The van der Waals surface area contributed by atoms with Gasteiger partial charge in [0.05, 0.1) is 10.7 Å². The molecule has 2 aromatic carbocycles. The molecule has 0 amide bonds. The molecule has 0 atom stereocenters. The van der Waals surface area contributed by atoms with Crippen LogP contribution >= 0.6 is 11.6 Å². The molecule has 0 saturated carbocycles. The molecular weight excluding hydrogens is 322 g/mol. The molecule has 112 valence electrons. The Morgan fingerprint density at radius 1 is 1.14 bits per heavy atom. The van der Waals surface area contributed by atoms with E-state index in [1.807, 2.05) is 4.72 Å². The van der Waals surface area contributed by atoms with Gasteiger partial charge in [0, 0.05) is 11.8 Å². The first-order valence-corrected chi connectivity index (χ1v) is 7.60. The molecule has 0 aromatic heterocycles. The third-order valence-electron chi connectivity index (χ3n) is 2.74. The Morgan fingerprint density at radius 2 is 1.81 bits per heavy atom. The number of nitrogen functional groups attached to an aromatic ring is 1. The molecule has 0 heterocycles. The second-order valence-corrected chi connectivity index (χ2v) is 6.43. The molecule has 0 fully saturated rings. The quantitative estimate of drug-likeness (QED) is 0.847. The second-order valence-electron chi connectivity index (χ2n) is 4.38. The van der Waals surface area contributed by atoms with E-state index in [-0.39, 0.29) is 21.2 Å². The molecule has 0 aliphatic heterocycles. The van der Waals surface area contributed by atoms with Gasteiger partial charge in [0.1, 0.15) is 16.5 Å². The van der Waals surface area contributed by atoms with Crippen molar-refractivity contribution >= 4 is 33.0 Å². The standard InChI is InChI=1S/C13H11ClF2N2O2S/c1-7-4-11(16)12(6-10(7)15)18-21(19,20)13-5-8(17)2-3-9(13)14/h2-6,18H,17H2,1H3. The van der Waals surface area contributed by atoms with E-state index in [9.17, 15) is 17.2 Å². The highest BCUT2D eigenvalue weighted by atomic mass is 35.5. The number of anilines is 2.